The Kier molecular flexibility index (Phi) is 7.92. The first-order valence-corrected chi connectivity index (χ1v) is 11.3. The number of carbonyl (C=O) groups excluding carboxylic acids is 2. The molecule has 0 amide bonds. The van der Waals surface area contributed by atoms with E-state index in [-0.39, 0.29) is 17.4 Å². The van der Waals surface area contributed by atoms with Crippen molar-refractivity contribution < 1.29 is 19.1 Å². The van der Waals surface area contributed by atoms with Crippen LogP contribution in [0.25, 0.3) is 0 Å². The van der Waals surface area contributed by atoms with Crippen LogP contribution in [0.2, 0.25) is 0 Å². The van der Waals surface area contributed by atoms with Gasteiger partial charge in [-0.05, 0) is 72.9 Å². The molecular formula is C28H37O4. The van der Waals surface area contributed by atoms with E-state index in [0.29, 0.717) is 11.1 Å². The first kappa shape index (κ1) is 25.6. The number of carbonyl (C=O) groups is 2. The fraction of sp³-hybridized carbons (Fsp3) is 0.500. The SMILES string of the molecule is CCC(C)(C)c1ccc(C(=O)OC(C)(C)COC(=O)c2cc[c]cc2)c(C(C)(C)CC)c1. The van der Waals surface area contributed by atoms with E-state index in [2.05, 4.69) is 53.7 Å². The Hall–Kier alpha value is -2.62. The van der Waals surface area contributed by atoms with Crippen LogP contribution in [0.1, 0.15) is 100 Å². The lowest BCUT2D eigenvalue weighted by atomic mass is 9.75. The molecule has 0 bridgehead atoms. The van der Waals surface area contributed by atoms with Crippen molar-refractivity contribution in [2.75, 3.05) is 6.61 Å². The molecule has 0 unspecified atom stereocenters. The lowest BCUT2D eigenvalue weighted by Gasteiger charge is -2.31. The second-order valence-corrected chi connectivity index (χ2v) is 10.2. The maximum atomic E-state index is 13.2. The van der Waals surface area contributed by atoms with Gasteiger partial charge >= 0.3 is 11.9 Å². The van der Waals surface area contributed by atoms with Crippen LogP contribution in [0.15, 0.2) is 42.5 Å². The van der Waals surface area contributed by atoms with Gasteiger partial charge in [-0.25, -0.2) is 9.59 Å². The third-order valence-electron chi connectivity index (χ3n) is 6.39. The van der Waals surface area contributed by atoms with Crippen molar-refractivity contribution in [3.05, 3.63) is 70.8 Å². The van der Waals surface area contributed by atoms with Gasteiger partial charge in [-0.3, -0.25) is 0 Å². The van der Waals surface area contributed by atoms with Gasteiger partial charge in [0.25, 0.3) is 0 Å². The van der Waals surface area contributed by atoms with Crippen molar-refractivity contribution in [3.8, 4) is 0 Å². The predicted octanol–water partition coefficient (Wildman–Crippen LogP) is 6.65. The van der Waals surface area contributed by atoms with Gasteiger partial charge < -0.3 is 9.47 Å². The third-order valence-corrected chi connectivity index (χ3v) is 6.39. The highest BCUT2D eigenvalue weighted by Gasteiger charge is 2.32. The number of benzene rings is 2. The Morgan fingerprint density at radius 3 is 2.00 bits per heavy atom. The number of rotatable bonds is 9. The van der Waals surface area contributed by atoms with Crippen LogP contribution in [-0.4, -0.2) is 24.1 Å². The molecule has 0 atom stereocenters. The lowest BCUT2D eigenvalue weighted by Crippen LogP contribution is -2.35. The number of hydrogen-bond acceptors (Lipinski definition) is 4. The maximum absolute atomic E-state index is 13.2. The van der Waals surface area contributed by atoms with E-state index in [0.717, 1.165) is 18.4 Å². The van der Waals surface area contributed by atoms with E-state index >= 15 is 0 Å². The van der Waals surface area contributed by atoms with Crippen LogP contribution in [0.5, 0.6) is 0 Å². The molecular weight excluding hydrogens is 400 g/mol. The van der Waals surface area contributed by atoms with Crippen LogP contribution in [0.4, 0.5) is 0 Å². The van der Waals surface area contributed by atoms with Crippen molar-refractivity contribution >= 4 is 11.9 Å². The summed E-state index contributed by atoms with van der Waals surface area (Å²) in [4.78, 5) is 25.5. The van der Waals surface area contributed by atoms with Gasteiger partial charge in [0.15, 0.2) is 0 Å². The zero-order chi connectivity index (χ0) is 24.2. The quantitative estimate of drug-likeness (QED) is 0.412. The van der Waals surface area contributed by atoms with Crippen LogP contribution in [-0.2, 0) is 20.3 Å². The Labute approximate surface area is 193 Å². The van der Waals surface area contributed by atoms with E-state index < -0.39 is 17.5 Å². The molecule has 0 aliphatic heterocycles. The minimum absolute atomic E-state index is 0.0175. The zero-order valence-electron chi connectivity index (χ0n) is 20.8. The van der Waals surface area contributed by atoms with Gasteiger partial charge in [0.2, 0.25) is 0 Å². The molecule has 0 saturated carbocycles. The van der Waals surface area contributed by atoms with Crippen LogP contribution in [0, 0.1) is 6.07 Å². The average Bonchev–Trinajstić information content (AvgIpc) is 2.77. The molecule has 2 rings (SSSR count). The third kappa shape index (κ3) is 6.21. The van der Waals surface area contributed by atoms with Crippen molar-refractivity contribution in [2.24, 2.45) is 0 Å². The first-order valence-electron chi connectivity index (χ1n) is 11.3. The van der Waals surface area contributed by atoms with E-state index in [1.807, 2.05) is 12.1 Å². The summed E-state index contributed by atoms with van der Waals surface area (Å²) in [6, 6.07) is 15.5. The van der Waals surface area contributed by atoms with Gasteiger partial charge in [0.05, 0.1) is 11.1 Å². The average molecular weight is 438 g/mol. The van der Waals surface area contributed by atoms with E-state index in [9.17, 15) is 9.59 Å². The van der Waals surface area contributed by atoms with E-state index in [1.165, 1.54) is 5.56 Å². The van der Waals surface area contributed by atoms with Crippen molar-refractivity contribution in [1.82, 2.24) is 0 Å². The maximum Gasteiger partial charge on any atom is 0.339 e. The summed E-state index contributed by atoms with van der Waals surface area (Å²) in [5.41, 5.74) is 2.05. The number of esters is 2. The largest absolute Gasteiger partial charge is 0.458 e. The number of ether oxygens (including phenoxy) is 2. The Balaban J connectivity index is 2.24. The minimum atomic E-state index is -0.970. The highest BCUT2D eigenvalue weighted by atomic mass is 16.6. The first-order chi connectivity index (χ1) is 14.8. The topological polar surface area (TPSA) is 52.6 Å². The van der Waals surface area contributed by atoms with E-state index in [1.54, 1.807) is 38.1 Å². The molecule has 0 spiro atoms. The number of hydrogen-bond donors (Lipinski definition) is 0. The van der Waals surface area contributed by atoms with Crippen LogP contribution < -0.4 is 0 Å². The normalized spacial score (nSPS) is 12.4. The smallest absolute Gasteiger partial charge is 0.339 e. The molecule has 0 saturated heterocycles. The van der Waals surface area contributed by atoms with Crippen molar-refractivity contribution in [1.29, 1.82) is 0 Å². The summed E-state index contributed by atoms with van der Waals surface area (Å²) in [6.07, 6.45) is 1.89. The summed E-state index contributed by atoms with van der Waals surface area (Å²) in [5, 5.41) is 0. The lowest BCUT2D eigenvalue weighted by molar-refractivity contribution is -0.0371. The summed E-state index contributed by atoms with van der Waals surface area (Å²) in [6.45, 7) is 16.5. The Bertz CT molecular complexity index is 939. The molecule has 0 heterocycles. The van der Waals surface area contributed by atoms with Gasteiger partial charge in [0.1, 0.15) is 12.2 Å². The molecule has 1 radical (unpaired) electrons. The Morgan fingerprint density at radius 1 is 0.844 bits per heavy atom. The molecule has 4 nitrogen and oxygen atoms in total. The molecule has 0 N–H and O–H groups in total. The van der Waals surface area contributed by atoms with E-state index in [4.69, 9.17) is 9.47 Å². The van der Waals surface area contributed by atoms with Crippen molar-refractivity contribution in [2.45, 2.75) is 84.7 Å². The van der Waals surface area contributed by atoms with Gasteiger partial charge in [-0.2, -0.15) is 0 Å². The van der Waals surface area contributed by atoms with Crippen LogP contribution >= 0.6 is 0 Å². The Morgan fingerprint density at radius 2 is 1.44 bits per heavy atom. The summed E-state index contributed by atoms with van der Waals surface area (Å²) in [5.74, 6) is -0.861. The molecule has 0 fully saturated rings. The molecule has 173 valence electrons. The summed E-state index contributed by atoms with van der Waals surface area (Å²) >= 11 is 0. The van der Waals surface area contributed by atoms with Crippen LogP contribution in [0.3, 0.4) is 0 Å². The minimum Gasteiger partial charge on any atom is -0.458 e. The molecule has 2 aromatic carbocycles. The molecule has 0 aliphatic rings. The second kappa shape index (κ2) is 9.89. The zero-order valence-corrected chi connectivity index (χ0v) is 20.8. The standard InChI is InChI=1S/C28H37O4/c1-9-26(3,4)21-16-17-22(23(18-21)27(5,6)10-2)25(30)32-28(7,8)19-31-24(29)20-14-12-11-13-15-20/h12-18H,9-10,19H2,1-8H3. The molecule has 0 aliphatic carbocycles. The highest BCUT2D eigenvalue weighted by Crippen LogP contribution is 2.35. The fourth-order valence-electron chi connectivity index (χ4n) is 3.28. The summed E-state index contributed by atoms with van der Waals surface area (Å²) in [7, 11) is 0. The van der Waals surface area contributed by atoms with Crippen molar-refractivity contribution in [3.63, 3.8) is 0 Å². The monoisotopic (exact) mass is 437 g/mol. The molecule has 0 aromatic heterocycles. The highest BCUT2D eigenvalue weighted by molar-refractivity contribution is 5.92. The molecule has 32 heavy (non-hydrogen) atoms. The fourth-order valence-corrected chi connectivity index (χ4v) is 3.28. The van der Waals surface area contributed by atoms with Gasteiger partial charge in [-0.1, -0.05) is 65.8 Å². The summed E-state index contributed by atoms with van der Waals surface area (Å²) < 4.78 is 11.2. The molecule has 2 aromatic rings. The second-order valence-electron chi connectivity index (χ2n) is 10.2. The molecule has 4 heteroatoms. The van der Waals surface area contributed by atoms with Gasteiger partial charge in [-0.15, -0.1) is 0 Å². The predicted molar refractivity (Wildman–Crippen MR) is 128 cm³/mol. The van der Waals surface area contributed by atoms with Gasteiger partial charge in [0, 0.05) is 0 Å².